The third-order valence-corrected chi connectivity index (χ3v) is 7.94. The number of carbonyl (C=O) groups excluding carboxylic acids is 1. The number of likely N-dealkylation sites (tertiary alicyclic amines) is 1. The summed E-state index contributed by atoms with van der Waals surface area (Å²) < 4.78 is 24.8. The molecule has 1 N–H and O–H groups in total. The molecule has 1 aromatic heterocycles. The van der Waals surface area contributed by atoms with E-state index in [1.54, 1.807) is 0 Å². The maximum atomic E-state index is 13.7. The van der Waals surface area contributed by atoms with E-state index in [0.717, 1.165) is 49.0 Å². The largest absolute Gasteiger partial charge is 0.471 e. The third kappa shape index (κ3) is 5.44. The lowest BCUT2D eigenvalue weighted by Crippen LogP contribution is -2.58. The molecule has 3 heterocycles. The Morgan fingerprint density at radius 2 is 1.79 bits per heavy atom. The van der Waals surface area contributed by atoms with Gasteiger partial charge in [-0.3, -0.25) is 9.78 Å². The first-order valence-electron chi connectivity index (χ1n) is 13.5. The topological polar surface area (TPSA) is 76.6 Å². The second kappa shape index (κ2) is 10.5. The Balaban J connectivity index is 1.16. The number of carbonyl (C=O) groups is 1. The van der Waals surface area contributed by atoms with E-state index in [2.05, 4.69) is 39.4 Å². The van der Waals surface area contributed by atoms with Crippen molar-refractivity contribution in [3.8, 4) is 5.88 Å². The van der Waals surface area contributed by atoms with Gasteiger partial charge in [0.15, 0.2) is 0 Å². The van der Waals surface area contributed by atoms with Gasteiger partial charge < -0.3 is 19.7 Å². The highest BCUT2D eigenvalue weighted by molar-refractivity contribution is 5.92. The minimum Gasteiger partial charge on any atom is -0.471 e. The van der Waals surface area contributed by atoms with Crippen LogP contribution < -0.4 is 10.1 Å². The third-order valence-electron chi connectivity index (χ3n) is 7.94. The van der Waals surface area contributed by atoms with Gasteiger partial charge in [-0.1, -0.05) is 42.0 Å². The fourth-order valence-corrected chi connectivity index (χ4v) is 6.13. The Morgan fingerprint density at radius 3 is 2.44 bits per heavy atom. The van der Waals surface area contributed by atoms with Gasteiger partial charge in [0.05, 0.1) is 31.6 Å². The van der Waals surface area contributed by atoms with Crippen molar-refractivity contribution in [3.05, 3.63) is 94.7 Å². The molecule has 39 heavy (non-hydrogen) atoms. The lowest BCUT2D eigenvalue weighted by molar-refractivity contribution is -0.0106. The van der Waals surface area contributed by atoms with Gasteiger partial charge in [-0.05, 0) is 61.2 Å². The highest BCUT2D eigenvalue weighted by Gasteiger charge is 2.49. The summed E-state index contributed by atoms with van der Waals surface area (Å²) in [6.07, 6.45) is 5.84. The Kier molecular flexibility index (Phi) is 6.91. The highest BCUT2D eigenvalue weighted by atomic mass is 19.1. The van der Waals surface area contributed by atoms with Crippen molar-refractivity contribution < 1.29 is 18.7 Å². The quantitative estimate of drug-likeness (QED) is 0.475. The van der Waals surface area contributed by atoms with Crippen LogP contribution in [0.2, 0.25) is 0 Å². The molecule has 8 heteroatoms. The molecule has 1 spiro atoms. The number of allylic oxidation sites excluding steroid dienone is 1. The number of amides is 1. The van der Waals surface area contributed by atoms with Crippen molar-refractivity contribution in [1.82, 2.24) is 20.2 Å². The van der Waals surface area contributed by atoms with E-state index in [9.17, 15) is 9.18 Å². The second-order valence-corrected chi connectivity index (χ2v) is 11.2. The lowest BCUT2D eigenvalue weighted by Gasteiger charge is -2.56. The van der Waals surface area contributed by atoms with E-state index in [-0.39, 0.29) is 29.6 Å². The van der Waals surface area contributed by atoms with Crippen LogP contribution in [0.5, 0.6) is 5.88 Å². The minimum absolute atomic E-state index is 0.0645. The molecular formula is C31H33FN4O3. The summed E-state index contributed by atoms with van der Waals surface area (Å²) in [6, 6.07) is 14.8. The van der Waals surface area contributed by atoms with Crippen molar-refractivity contribution >= 4 is 11.5 Å². The summed E-state index contributed by atoms with van der Waals surface area (Å²) >= 11 is 0. The first-order chi connectivity index (χ1) is 18.9. The van der Waals surface area contributed by atoms with Crippen molar-refractivity contribution in [1.29, 1.82) is 0 Å². The number of benzene rings is 2. The van der Waals surface area contributed by atoms with Crippen molar-refractivity contribution in [2.24, 2.45) is 5.41 Å². The van der Waals surface area contributed by atoms with Crippen molar-refractivity contribution in [3.63, 3.8) is 0 Å². The lowest BCUT2D eigenvalue weighted by atomic mass is 9.59. The molecule has 2 saturated heterocycles. The molecule has 0 radical (unpaired) electrons. The van der Waals surface area contributed by atoms with E-state index in [4.69, 9.17) is 9.47 Å². The number of hydrogen-bond donors (Lipinski definition) is 1. The predicted molar refractivity (Wildman–Crippen MR) is 146 cm³/mol. The molecule has 2 atom stereocenters. The summed E-state index contributed by atoms with van der Waals surface area (Å²) in [5.74, 6) is -0.225. The Labute approximate surface area is 228 Å². The van der Waals surface area contributed by atoms with E-state index in [1.807, 2.05) is 31.2 Å². The maximum absolute atomic E-state index is 13.7. The molecule has 0 unspecified atom stereocenters. The molecule has 1 amide bonds. The smallest absolute Gasteiger partial charge is 0.272 e. The molecule has 3 aromatic rings. The van der Waals surface area contributed by atoms with Crippen LogP contribution in [0.15, 0.2) is 66.5 Å². The average molecular weight is 529 g/mol. The van der Waals surface area contributed by atoms with Gasteiger partial charge in [0, 0.05) is 24.9 Å². The standard InChI is InChI=1S/C31H33FN4O3/c1-20(34-30(37)27-15-33-16-28(35-27)39-26-11-12-38-17-26)21-3-5-22(6-4-21)29(23-7-9-25(32)10-8-23)24-13-31(14-24)18-36(2)19-31/h3-10,15-16,20,26H,11-14,17-19H2,1-2H3,(H,34,37)/t20-,26-/m1/s1. The van der Waals surface area contributed by atoms with E-state index < -0.39 is 0 Å². The molecule has 202 valence electrons. The first-order valence-corrected chi connectivity index (χ1v) is 13.5. The second-order valence-electron chi connectivity index (χ2n) is 11.2. The minimum atomic E-state index is -0.313. The van der Waals surface area contributed by atoms with Crippen LogP contribution in [0.25, 0.3) is 5.57 Å². The van der Waals surface area contributed by atoms with Crippen molar-refractivity contribution in [2.45, 2.75) is 38.3 Å². The summed E-state index contributed by atoms with van der Waals surface area (Å²) in [5.41, 5.74) is 6.35. The number of aromatic nitrogens is 2. The number of nitrogens with one attached hydrogen (secondary N) is 1. The first kappa shape index (κ1) is 25.6. The molecule has 2 aromatic carbocycles. The van der Waals surface area contributed by atoms with Crippen LogP contribution in [0.3, 0.4) is 0 Å². The summed E-state index contributed by atoms with van der Waals surface area (Å²) in [6.45, 7) is 5.40. The van der Waals surface area contributed by atoms with Gasteiger partial charge in [0.1, 0.15) is 17.6 Å². The van der Waals surface area contributed by atoms with E-state index in [0.29, 0.717) is 24.5 Å². The summed E-state index contributed by atoms with van der Waals surface area (Å²) in [7, 11) is 2.16. The zero-order chi connectivity index (χ0) is 27.0. The molecule has 1 saturated carbocycles. The highest BCUT2D eigenvalue weighted by Crippen LogP contribution is 2.54. The number of halogens is 1. The van der Waals surface area contributed by atoms with Crippen molar-refractivity contribution in [2.75, 3.05) is 33.4 Å². The zero-order valence-corrected chi connectivity index (χ0v) is 22.3. The van der Waals surface area contributed by atoms with Gasteiger partial charge >= 0.3 is 0 Å². The van der Waals surface area contributed by atoms with Crippen LogP contribution in [-0.4, -0.2) is 60.2 Å². The Hall–Kier alpha value is -3.62. The molecule has 6 rings (SSSR count). The maximum Gasteiger partial charge on any atom is 0.272 e. The van der Waals surface area contributed by atoms with Crippen LogP contribution in [-0.2, 0) is 4.74 Å². The fraction of sp³-hybridized carbons (Fsp3) is 0.387. The molecule has 1 aliphatic carbocycles. The predicted octanol–water partition coefficient (Wildman–Crippen LogP) is 4.80. The average Bonchev–Trinajstić information content (AvgIpc) is 3.41. The molecular weight excluding hydrogens is 495 g/mol. The number of rotatable bonds is 7. The van der Waals surface area contributed by atoms with Crippen LogP contribution in [0, 0.1) is 11.2 Å². The van der Waals surface area contributed by atoms with Crippen LogP contribution in [0.1, 0.15) is 59.4 Å². The molecule has 3 fully saturated rings. The molecule has 7 nitrogen and oxygen atoms in total. The van der Waals surface area contributed by atoms with Gasteiger partial charge in [-0.2, -0.15) is 0 Å². The zero-order valence-electron chi connectivity index (χ0n) is 22.3. The Morgan fingerprint density at radius 1 is 1.10 bits per heavy atom. The van der Waals surface area contributed by atoms with Gasteiger partial charge in [0.25, 0.3) is 5.91 Å². The summed E-state index contributed by atoms with van der Waals surface area (Å²) in [4.78, 5) is 23.7. The van der Waals surface area contributed by atoms with E-state index in [1.165, 1.54) is 35.7 Å². The molecule has 3 aliphatic rings. The fourth-order valence-electron chi connectivity index (χ4n) is 6.13. The van der Waals surface area contributed by atoms with Crippen LogP contribution >= 0.6 is 0 Å². The Bertz CT molecular complexity index is 1370. The number of ether oxygens (including phenoxy) is 2. The van der Waals surface area contributed by atoms with Gasteiger partial charge in [0.2, 0.25) is 5.88 Å². The van der Waals surface area contributed by atoms with Crippen LogP contribution in [0.4, 0.5) is 4.39 Å². The van der Waals surface area contributed by atoms with E-state index >= 15 is 0 Å². The summed E-state index contributed by atoms with van der Waals surface area (Å²) in [5, 5.41) is 3.02. The monoisotopic (exact) mass is 528 g/mol. The molecule has 0 bridgehead atoms. The number of nitrogens with zero attached hydrogens (tertiary/aromatic N) is 3. The van der Waals surface area contributed by atoms with Gasteiger partial charge in [-0.25, -0.2) is 9.37 Å². The molecule has 2 aliphatic heterocycles. The number of hydrogen-bond acceptors (Lipinski definition) is 6. The SMILES string of the molecule is C[C@@H](NC(=O)c1cncc(O[C@@H]2CCOC2)n1)c1ccc(C(=C2CC3(C2)CN(C)C3)c2ccc(F)cc2)cc1. The van der Waals surface area contributed by atoms with Gasteiger partial charge in [-0.15, -0.1) is 0 Å². The normalized spacial score (nSPS) is 20.7.